The lowest BCUT2D eigenvalue weighted by Gasteiger charge is -2.36. The van der Waals surface area contributed by atoms with Crippen LogP contribution < -0.4 is 19.7 Å². The van der Waals surface area contributed by atoms with Gasteiger partial charge in [-0.05, 0) is 12.1 Å². The standard InChI is InChI=1S/C21H26N4O5/c1-29-19-14-17(18(25(27)28)15-20(19)30-2)21(26)22-8-9-23-10-12-24(13-11-23)16-6-4-3-5-7-16/h3-7,14-15H,8-13H2,1-2H3,(H,22,26). The minimum absolute atomic E-state index is 0.0495. The number of rotatable bonds is 8. The van der Waals surface area contributed by atoms with Crippen molar-refractivity contribution in [1.82, 2.24) is 10.2 Å². The normalized spacial score (nSPS) is 14.3. The summed E-state index contributed by atoms with van der Waals surface area (Å²) in [5.74, 6) is -0.0344. The summed E-state index contributed by atoms with van der Waals surface area (Å²) >= 11 is 0. The maximum Gasteiger partial charge on any atom is 0.286 e. The molecule has 0 saturated carbocycles. The van der Waals surface area contributed by atoms with E-state index in [0.717, 1.165) is 26.2 Å². The Bertz CT molecular complexity index is 882. The Kier molecular flexibility index (Phi) is 7.08. The van der Waals surface area contributed by atoms with E-state index in [-0.39, 0.29) is 22.7 Å². The van der Waals surface area contributed by atoms with Crippen LogP contribution in [0, 0.1) is 10.1 Å². The number of hydrogen-bond acceptors (Lipinski definition) is 7. The number of benzene rings is 2. The smallest absolute Gasteiger partial charge is 0.286 e. The predicted molar refractivity (Wildman–Crippen MR) is 114 cm³/mol. The maximum absolute atomic E-state index is 12.6. The number of carbonyl (C=O) groups excluding carboxylic acids is 1. The summed E-state index contributed by atoms with van der Waals surface area (Å²) in [5.41, 5.74) is 0.847. The summed E-state index contributed by atoms with van der Waals surface area (Å²) in [6.45, 7) is 4.69. The van der Waals surface area contributed by atoms with E-state index in [1.54, 1.807) is 0 Å². The molecule has 1 saturated heterocycles. The number of hydrogen-bond donors (Lipinski definition) is 1. The number of methoxy groups -OCH3 is 2. The van der Waals surface area contributed by atoms with Gasteiger partial charge in [-0.3, -0.25) is 19.8 Å². The highest BCUT2D eigenvalue weighted by Gasteiger charge is 2.24. The molecule has 0 bridgehead atoms. The molecule has 1 heterocycles. The lowest BCUT2D eigenvalue weighted by molar-refractivity contribution is -0.385. The van der Waals surface area contributed by atoms with Gasteiger partial charge in [0.25, 0.3) is 11.6 Å². The van der Waals surface area contributed by atoms with Crippen LogP contribution in [0.4, 0.5) is 11.4 Å². The summed E-state index contributed by atoms with van der Waals surface area (Å²) in [4.78, 5) is 28.0. The summed E-state index contributed by atoms with van der Waals surface area (Å²) < 4.78 is 10.3. The second-order valence-electron chi connectivity index (χ2n) is 6.90. The van der Waals surface area contributed by atoms with Gasteiger partial charge < -0.3 is 19.7 Å². The van der Waals surface area contributed by atoms with Gasteiger partial charge in [-0.15, -0.1) is 0 Å². The summed E-state index contributed by atoms with van der Waals surface area (Å²) in [6, 6.07) is 12.8. The van der Waals surface area contributed by atoms with Crippen molar-refractivity contribution in [2.45, 2.75) is 0 Å². The average Bonchev–Trinajstić information content (AvgIpc) is 2.79. The highest BCUT2D eigenvalue weighted by atomic mass is 16.6. The molecule has 1 aliphatic rings. The van der Waals surface area contributed by atoms with Crippen molar-refractivity contribution in [3.8, 4) is 11.5 Å². The third kappa shape index (κ3) is 4.98. The summed E-state index contributed by atoms with van der Waals surface area (Å²) in [7, 11) is 2.80. The molecule has 9 heteroatoms. The van der Waals surface area contributed by atoms with Crippen LogP contribution in [0.2, 0.25) is 0 Å². The minimum atomic E-state index is -0.598. The van der Waals surface area contributed by atoms with Gasteiger partial charge in [0.15, 0.2) is 11.5 Å². The number of nitro groups is 1. The number of nitrogens with zero attached hydrogens (tertiary/aromatic N) is 3. The molecule has 1 fully saturated rings. The Morgan fingerprint density at radius 1 is 1.07 bits per heavy atom. The van der Waals surface area contributed by atoms with Crippen molar-refractivity contribution in [3.63, 3.8) is 0 Å². The van der Waals surface area contributed by atoms with Crippen molar-refractivity contribution < 1.29 is 19.2 Å². The number of nitro benzene ring substituents is 1. The number of amides is 1. The molecule has 0 aliphatic carbocycles. The van der Waals surface area contributed by atoms with Gasteiger partial charge in [0.1, 0.15) is 5.56 Å². The van der Waals surface area contributed by atoms with Crippen LogP contribution in [0.3, 0.4) is 0 Å². The van der Waals surface area contributed by atoms with Gasteiger partial charge in [0.05, 0.1) is 25.2 Å². The number of carbonyl (C=O) groups is 1. The maximum atomic E-state index is 12.6. The average molecular weight is 414 g/mol. The van der Waals surface area contributed by atoms with Crippen LogP contribution in [0.5, 0.6) is 11.5 Å². The fraction of sp³-hybridized carbons (Fsp3) is 0.381. The predicted octanol–water partition coefficient (Wildman–Crippen LogP) is 2.16. The molecule has 2 aromatic carbocycles. The molecule has 3 rings (SSSR count). The van der Waals surface area contributed by atoms with E-state index in [0.29, 0.717) is 13.1 Å². The minimum Gasteiger partial charge on any atom is -0.493 e. The molecular weight excluding hydrogens is 388 g/mol. The molecule has 0 spiro atoms. The van der Waals surface area contributed by atoms with Gasteiger partial charge in [-0.25, -0.2) is 0 Å². The fourth-order valence-electron chi connectivity index (χ4n) is 3.49. The molecule has 30 heavy (non-hydrogen) atoms. The Labute approximate surface area is 175 Å². The monoisotopic (exact) mass is 414 g/mol. The van der Waals surface area contributed by atoms with Crippen molar-refractivity contribution in [3.05, 3.63) is 58.1 Å². The molecular formula is C21H26N4O5. The highest BCUT2D eigenvalue weighted by Crippen LogP contribution is 2.34. The van der Waals surface area contributed by atoms with Crippen LogP contribution >= 0.6 is 0 Å². The Morgan fingerprint density at radius 3 is 2.30 bits per heavy atom. The molecule has 0 radical (unpaired) electrons. The van der Waals surface area contributed by atoms with Crippen molar-refractivity contribution in [2.24, 2.45) is 0 Å². The molecule has 2 aromatic rings. The molecule has 1 N–H and O–H groups in total. The van der Waals surface area contributed by atoms with Gasteiger partial charge in [0.2, 0.25) is 0 Å². The lowest BCUT2D eigenvalue weighted by Crippen LogP contribution is -2.48. The van der Waals surface area contributed by atoms with E-state index >= 15 is 0 Å². The van der Waals surface area contributed by atoms with Gasteiger partial charge in [-0.1, -0.05) is 18.2 Å². The third-order valence-corrected chi connectivity index (χ3v) is 5.15. The summed E-state index contributed by atoms with van der Waals surface area (Å²) in [6.07, 6.45) is 0. The topological polar surface area (TPSA) is 97.2 Å². The van der Waals surface area contributed by atoms with Crippen LogP contribution in [-0.4, -0.2) is 69.2 Å². The van der Waals surface area contributed by atoms with Crippen LogP contribution in [0.15, 0.2) is 42.5 Å². The van der Waals surface area contributed by atoms with E-state index in [9.17, 15) is 14.9 Å². The van der Waals surface area contributed by atoms with E-state index in [2.05, 4.69) is 27.2 Å². The highest BCUT2D eigenvalue weighted by molar-refractivity contribution is 5.99. The molecule has 160 valence electrons. The van der Waals surface area contributed by atoms with E-state index in [4.69, 9.17) is 9.47 Å². The zero-order valence-corrected chi connectivity index (χ0v) is 17.2. The largest absolute Gasteiger partial charge is 0.493 e. The number of ether oxygens (including phenoxy) is 2. The first-order chi connectivity index (χ1) is 14.5. The van der Waals surface area contributed by atoms with Gasteiger partial charge >= 0.3 is 0 Å². The van der Waals surface area contributed by atoms with E-state index in [1.165, 1.54) is 32.0 Å². The van der Waals surface area contributed by atoms with Crippen molar-refractivity contribution >= 4 is 17.3 Å². The number of para-hydroxylation sites is 1. The molecule has 1 aliphatic heterocycles. The Morgan fingerprint density at radius 2 is 1.70 bits per heavy atom. The third-order valence-electron chi connectivity index (χ3n) is 5.15. The van der Waals surface area contributed by atoms with Gasteiger partial charge in [-0.2, -0.15) is 0 Å². The van der Waals surface area contributed by atoms with Gasteiger partial charge in [0, 0.05) is 51.0 Å². The van der Waals surface area contributed by atoms with E-state index in [1.807, 2.05) is 18.2 Å². The van der Waals surface area contributed by atoms with Crippen LogP contribution in [0.25, 0.3) is 0 Å². The number of piperazine rings is 1. The lowest BCUT2D eigenvalue weighted by atomic mass is 10.1. The first-order valence-electron chi connectivity index (χ1n) is 9.74. The first kappa shape index (κ1) is 21.4. The SMILES string of the molecule is COc1cc(C(=O)NCCN2CCN(c3ccccc3)CC2)c([N+](=O)[O-])cc1OC. The fourth-order valence-corrected chi connectivity index (χ4v) is 3.49. The molecule has 1 amide bonds. The zero-order chi connectivity index (χ0) is 21.5. The van der Waals surface area contributed by atoms with Crippen molar-refractivity contribution in [1.29, 1.82) is 0 Å². The zero-order valence-electron chi connectivity index (χ0n) is 17.2. The Balaban J connectivity index is 1.54. The first-order valence-corrected chi connectivity index (χ1v) is 9.74. The van der Waals surface area contributed by atoms with Crippen LogP contribution in [0.1, 0.15) is 10.4 Å². The molecule has 9 nitrogen and oxygen atoms in total. The Hall–Kier alpha value is -3.33. The second kappa shape index (κ2) is 9.93. The number of anilines is 1. The second-order valence-corrected chi connectivity index (χ2v) is 6.90. The summed E-state index contributed by atoms with van der Waals surface area (Å²) in [5, 5.41) is 14.2. The molecule has 0 atom stereocenters. The number of nitrogens with one attached hydrogen (secondary N) is 1. The van der Waals surface area contributed by atoms with Crippen LogP contribution in [-0.2, 0) is 0 Å². The quantitative estimate of drug-likeness (QED) is 0.522. The van der Waals surface area contributed by atoms with Crippen molar-refractivity contribution in [2.75, 3.05) is 58.4 Å². The van der Waals surface area contributed by atoms with E-state index < -0.39 is 10.8 Å². The molecule has 0 unspecified atom stereocenters. The molecule has 0 aromatic heterocycles.